The number of hydrogen-bond acceptors (Lipinski definition) is 0. The van der Waals surface area contributed by atoms with Gasteiger partial charge in [-0.3, -0.25) is 0 Å². The summed E-state index contributed by atoms with van der Waals surface area (Å²) in [4.78, 5) is 0. The summed E-state index contributed by atoms with van der Waals surface area (Å²) in [6.45, 7) is 6.81. The van der Waals surface area contributed by atoms with Gasteiger partial charge in [0.2, 0.25) is 0 Å². The van der Waals surface area contributed by atoms with Crippen molar-refractivity contribution in [3.63, 3.8) is 0 Å². The van der Waals surface area contributed by atoms with Crippen LogP contribution in [-0.2, 0) is 27.1 Å². The van der Waals surface area contributed by atoms with Gasteiger partial charge in [-0.25, -0.2) is 17.7 Å². The molecule has 0 amide bonds. The van der Waals surface area contributed by atoms with Gasteiger partial charge in [-0.15, -0.1) is 0 Å². The van der Waals surface area contributed by atoms with E-state index in [0.717, 1.165) is 6.42 Å². The van der Waals surface area contributed by atoms with Crippen LogP contribution in [0.4, 0.5) is 0 Å². The van der Waals surface area contributed by atoms with Crippen molar-refractivity contribution in [2.24, 2.45) is 5.92 Å². The van der Waals surface area contributed by atoms with Crippen LogP contribution in [0.15, 0.2) is 77.9 Å². The fourth-order valence-electron chi connectivity index (χ4n) is 3.26. The van der Waals surface area contributed by atoms with Crippen LogP contribution in [0.2, 0.25) is 0 Å². The summed E-state index contributed by atoms with van der Waals surface area (Å²) >= 11 is 0. The van der Waals surface area contributed by atoms with Crippen molar-refractivity contribution in [2.75, 3.05) is 0 Å². The van der Waals surface area contributed by atoms with E-state index >= 15 is 0 Å². The second kappa shape index (κ2) is 12.1. The molecule has 4 heteroatoms. The van der Waals surface area contributed by atoms with Gasteiger partial charge < -0.3 is 37.2 Å². The van der Waals surface area contributed by atoms with Crippen LogP contribution in [0.3, 0.4) is 0 Å². The van der Waals surface area contributed by atoms with Gasteiger partial charge in [0.05, 0.1) is 0 Å². The Hall–Kier alpha value is -0.496. The molecule has 1 aliphatic carbocycles. The summed E-state index contributed by atoms with van der Waals surface area (Å²) in [5.41, 5.74) is 5.27. The predicted molar refractivity (Wildman–Crippen MR) is 93.6 cm³/mol. The average Bonchev–Trinajstić information content (AvgIpc) is 3.06. The van der Waals surface area contributed by atoms with Crippen molar-refractivity contribution >= 4 is 0 Å². The smallest absolute Gasteiger partial charge is 1.00 e. The maximum absolute atomic E-state index is 3.71. The number of allylic oxidation sites excluding steroid dienone is 4. The maximum Gasteiger partial charge on any atom is 4.00 e. The maximum atomic E-state index is 3.71. The molecule has 136 valence electrons. The van der Waals surface area contributed by atoms with Gasteiger partial charge in [0.1, 0.15) is 0 Å². The van der Waals surface area contributed by atoms with Crippen LogP contribution in [0.5, 0.6) is 0 Å². The van der Waals surface area contributed by atoms with E-state index in [2.05, 4.69) is 93.6 Å². The Morgan fingerprint density at radius 2 is 1.23 bits per heavy atom. The zero-order chi connectivity index (χ0) is 15.6. The van der Waals surface area contributed by atoms with Crippen molar-refractivity contribution < 1.29 is 58.9 Å². The standard InChI is InChI=1S/C22H23.3ClH.Ti/c1-17(2)18-14-15-21(16-18)22(3,19-10-6-4-7-11-19)20-12-8-5-9-13-20;;;;/h4-14,17H,15H2,1-3H3;3*1H;/q-1;;;;+4/p-3. The first kappa shape index (κ1) is 27.7. The Morgan fingerprint density at radius 3 is 1.58 bits per heavy atom. The first-order valence-corrected chi connectivity index (χ1v) is 8.07. The van der Waals surface area contributed by atoms with Crippen LogP contribution in [-0.4, -0.2) is 0 Å². The zero-order valence-corrected chi connectivity index (χ0v) is 19.1. The predicted octanol–water partition coefficient (Wildman–Crippen LogP) is -3.28. The van der Waals surface area contributed by atoms with Gasteiger partial charge >= 0.3 is 21.7 Å². The van der Waals surface area contributed by atoms with E-state index in [-0.39, 0.29) is 64.4 Å². The molecule has 0 aliphatic heterocycles. The summed E-state index contributed by atoms with van der Waals surface area (Å²) in [6.07, 6.45) is 7.04. The molecular formula is C22H23Cl3Ti. The van der Waals surface area contributed by atoms with Crippen LogP contribution in [0.25, 0.3) is 0 Å². The molecule has 0 spiro atoms. The summed E-state index contributed by atoms with van der Waals surface area (Å²) < 4.78 is 0. The van der Waals surface area contributed by atoms with Gasteiger partial charge in [0.25, 0.3) is 0 Å². The van der Waals surface area contributed by atoms with E-state index < -0.39 is 0 Å². The molecule has 0 heterocycles. The molecule has 0 saturated carbocycles. The van der Waals surface area contributed by atoms with Crippen molar-refractivity contribution in [1.82, 2.24) is 0 Å². The fourth-order valence-corrected chi connectivity index (χ4v) is 3.26. The minimum absolute atomic E-state index is 0. The number of rotatable bonds is 4. The largest absolute Gasteiger partial charge is 4.00 e. The van der Waals surface area contributed by atoms with E-state index in [9.17, 15) is 0 Å². The minimum atomic E-state index is -0.115. The Morgan fingerprint density at radius 1 is 0.808 bits per heavy atom. The van der Waals surface area contributed by atoms with E-state index in [4.69, 9.17) is 0 Å². The molecule has 0 atom stereocenters. The molecule has 3 rings (SSSR count). The number of halogens is 3. The van der Waals surface area contributed by atoms with Crippen molar-refractivity contribution in [2.45, 2.75) is 32.6 Å². The molecule has 2 aromatic rings. The third-order valence-electron chi connectivity index (χ3n) is 4.75. The van der Waals surface area contributed by atoms with Gasteiger partial charge in [-0.1, -0.05) is 86.8 Å². The Labute approximate surface area is 191 Å². The Kier molecular flexibility index (Phi) is 12.9. The number of hydrogen-bond donors (Lipinski definition) is 0. The molecule has 0 aromatic heterocycles. The van der Waals surface area contributed by atoms with Gasteiger partial charge in [0.15, 0.2) is 0 Å². The normalized spacial score (nSPS) is 12.6. The zero-order valence-electron chi connectivity index (χ0n) is 15.3. The Balaban J connectivity index is 0. The quantitative estimate of drug-likeness (QED) is 0.345. The second-order valence-electron chi connectivity index (χ2n) is 6.48. The monoisotopic (exact) mass is 440 g/mol. The van der Waals surface area contributed by atoms with E-state index in [1.165, 1.54) is 22.3 Å². The number of benzene rings is 2. The van der Waals surface area contributed by atoms with Crippen molar-refractivity contribution in [3.8, 4) is 0 Å². The third kappa shape index (κ3) is 5.50. The molecule has 0 unspecified atom stereocenters. The first-order chi connectivity index (χ1) is 10.6. The van der Waals surface area contributed by atoms with Crippen LogP contribution in [0.1, 0.15) is 38.3 Å². The van der Waals surface area contributed by atoms with E-state index in [1.54, 1.807) is 0 Å². The van der Waals surface area contributed by atoms with Crippen LogP contribution < -0.4 is 37.2 Å². The van der Waals surface area contributed by atoms with Crippen molar-refractivity contribution in [1.29, 1.82) is 0 Å². The topological polar surface area (TPSA) is 0 Å². The van der Waals surface area contributed by atoms with Crippen molar-refractivity contribution in [3.05, 3.63) is 95.1 Å². The third-order valence-corrected chi connectivity index (χ3v) is 4.75. The summed E-state index contributed by atoms with van der Waals surface area (Å²) in [5.74, 6) is 0.535. The summed E-state index contributed by atoms with van der Waals surface area (Å²) in [7, 11) is 0. The van der Waals surface area contributed by atoms with Gasteiger partial charge in [-0.05, 0) is 18.1 Å². The average molecular weight is 442 g/mol. The molecule has 0 nitrogen and oxygen atoms in total. The first-order valence-electron chi connectivity index (χ1n) is 8.07. The molecule has 0 radical (unpaired) electrons. The fraction of sp³-hybridized carbons (Fsp3) is 0.273. The van der Waals surface area contributed by atoms with Crippen LogP contribution >= 0.6 is 0 Å². The molecule has 26 heavy (non-hydrogen) atoms. The molecule has 1 aliphatic rings. The molecular weight excluding hydrogens is 418 g/mol. The SMILES string of the molecule is CC(C)C1=CCC(C(C)(c2ccccc2)c2ccccc2)=[C-]1.[Cl-].[Cl-].[Cl-].[Ti+4]. The van der Waals surface area contributed by atoms with Gasteiger partial charge in [-0.2, -0.15) is 5.57 Å². The molecule has 2 aromatic carbocycles. The second-order valence-corrected chi connectivity index (χ2v) is 6.48. The molecule has 0 fully saturated rings. The van der Waals surface area contributed by atoms with Gasteiger partial charge in [0, 0.05) is 5.41 Å². The van der Waals surface area contributed by atoms with E-state index in [1.807, 2.05) is 0 Å². The summed E-state index contributed by atoms with van der Waals surface area (Å²) in [6, 6.07) is 21.6. The van der Waals surface area contributed by atoms with E-state index in [0.29, 0.717) is 5.92 Å². The molecule has 0 bridgehead atoms. The molecule has 0 N–H and O–H groups in total. The van der Waals surface area contributed by atoms with Crippen LogP contribution in [0, 0.1) is 12.0 Å². The minimum Gasteiger partial charge on any atom is -1.00 e. The Bertz CT molecular complexity index is 667. The summed E-state index contributed by atoms with van der Waals surface area (Å²) in [5, 5.41) is 0. The molecule has 0 saturated heterocycles.